The summed E-state index contributed by atoms with van der Waals surface area (Å²) < 4.78 is 0. The van der Waals surface area contributed by atoms with Crippen LogP contribution in [0.15, 0.2) is 96.6 Å². The van der Waals surface area contributed by atoms with Gasteiger partial charge < -0.3 is 15.1 Å². The van der Waals surface area contributed by atoms with Gasteiger partial charge in [-0.2, -0.15) is 0 Å². The first-order chi connectivity index (χ1) is 20.8. The summed E-state index contributed by atoms with van der Waals surface area (Å²) in [6, 6.07) is 26.1. The van der Waals surface area contributed by atoms with Crippen molar-refractivity contribution >= 4 is 33.2 Å². The first-order valence-corrected chi connectivity index (χ1v) is 15.8. The SMILES string of the molecule is CCC1(C)/C(=C\C=C\C2N(CCO)c3ccc4ccccc4c3C2(C)CC)C(CCC(=O)O)c2ccc3ccccc3c21. The second-order valence-electron chi connectivity index (χ2n) is 12.7. The van der Waals surface area contributed by atoms with Crippen molar-refractivity contribution in [3.05, 3.63) is 113 Å². The van der Waals surface area contributed by atoms with Crippen molar-refractivity contribution in [3.63, 3.8) is 0 Å². The second-order valence-corrected chi connectivity index (χ2v) is 12.7. The van der Waals surface area contributed by atoms with Gasteiger partial charge in [0.1, 0.15) is 0 Å². The number of aliphatic hydroxyl groups excluding tert-OH is 1. The van der Waals surface area contributed by atoms with Crippen LogP contribution >= 0.6 is 0 Å². The molecule has 0 aromatic heterocycles. The molecule has 0 amide bonds. The average molecular weight is 574 g/mol. The van der Waals surface area contributed by atoms with E-state index in [9.17, 15) is 15.0 Å². The van der Waals surface area contributed by atoms with E-state index in [4.69, 9.17) is 0 Å². The van der Waals surface area contributed by atoms with E-state index < -0.39 is 5.97 Å². The Hall–Kier alpha value is -3.89. The molecule has 4 unspecified atom stereocenters. The molecule has 4 nitrogen and oxygen atoms in total. The number of fused-ring (bicyclic) bond motifs is 6. The number of hydrogen-bond acceptors (Lipinski definition) is 3. The molecule has 0 saturated carbocycles. The zero-order valence-electron chi connectivity index (χ0n) is 25.8. The van der Waals surface area contributed by atoms with Crippen LogP contribution in [0.4, 0.5) is 5.69 Å². The molecule has 4 aromatic rings. The maximum absolute atomic E-state index is 11.7. The minimum Gasteiger partial charge on any atom is -0.481 e. The highest BCUT2D eigenvalue weighted by Gasteiger charge is 2.47. The highest BCUT2D eigenvalue weighted by Crippen LogP contribution is 2.56. The molecule has 4 atom stereocenters. The summed E-state index contributed by atoms with van der Waals surface area (Å²) in [6.07, 6.45) is 9.46. The number of β-amino-alcohol motifs (C(OH)–C–C–N with tert-alkyl or cyclic N) is 1. The van der Waals surface area contributed by atoms with Gasteiger partial charge in [-0.3, -0.25) is 4.79 Å². The molecule has 0 saturated heterocycles. The highest BCUT2D eigenvalue weighted by molar-refractivity contribution is 5.94. The molecule has 1 aliphatic carbocycles. The van der Waals surface area contributed by atoms with E-state index >= 15 is 0 Å². The van der Waals surface area contributed by atoms with Crippen molar-refractivity contribution in [2.24, 2.45) is 0 Å². The predicted molar refractivity (Wildman–Crippen MR) is 178 cm³/mol. The summed E-state index contributed by atoms with van der Waals surface area (Å²) in [4.78, 5) is 14.1. The summed E-state index contributed by atoms with van der Waals surface area (Å²) in [5.41, 5.74) is 6.15. The van der Waals surface area contributed by atoms with Crippen LogP contribution < -0.4 is 4.90 Å². The van der Waals surface area contributed by atoms with Crippen LogP contribution in [0.1, 0.15) is 76.0 Å². The first kappa shape index (κ1) is 29.2. The van der Waals surface area contributed by atoms with Crippen molar-refractivity contribution in [2.75, 3.05) is 18.1 Å². The molecule has 222 valence electrons. The van der Waals surface area contributed by atoms with E-state index in [1.807, 2.05) is 0 Å². The number of rotatable bonds is 9. The molecule has 6 rings (SSSR count). The fourth-order valence-electron chi connectivity index (χ4n) is 8.23. The number of hydrogen-bond donors (Lipinski definition) is 2. The number of carboxylic acid groups (broad SMARTS) is 1. The summed E-state index contributed by atoms with van der Waals surface area (Å²) in [5, 5.41) is 24.8. The number of benzene rings is 4. The fourth-order valence-corrected chi connectivity index (χ4v) is 8.23. The van der Waals surface area contributed by atoms with Crippen LogP contribution in [0.5, 0.6) is 0 Å². The maximum Gasteiger partial charge on any atom is 0.303 e. The third kappa shape index (κ3) is 4.58. The van der Waals surface area contributed by atoms with Gasteiger partial charge in [0.15, 0.2) is 0 Å². The molecular formula is C39H43NO3. The molecule has 43 heavy (non-hydrogen) atoms. The minimum absolute atomic E-state index is 0.0566. The lowest BCUT2D eigenvalue weighted by Crippen LogP contribution is -2.42. The number of allylic oxidation sites excluding steroid dienone is 3. The number of carbonyl (C=O) groups is 1. The van der Waals surface area contributed by atoms with E-state index in [0.29, 0.717) is 13.0 Å². The Bertz CT molecular complexity index is 1750. The van der Waals surface area contributed by atoms with Crippen molar-refractivity contribution < 1.29 is 15.0 Å². The normalized spacial score (nSPS) is 25.7. The Morgan fingerprint density at radius 2 is 1.53 bits per heavy atom. The molecule has 4 heteroatoms. The Kier molecular flexibility index (Phi) is 7.68. The summed E-state index contributed by atoms with van der Waals surface area (Å²) in [6.45, 7) is 9.87. The monoisotopic (exact) mass is 573 g/mol. The van der Waals surface area contributed by atoms with Crippen LogP contribution in [0.25, 0.3) is 21.5 Å². The summed E-state index contributed by atoms with van der Waals surface area (Å²) in [5.74, 6) is -0.697. The highest BCUT2D eigenvalue weighted by atomic mass is 16.4. The number of nitrogens with zero attached hydrogens (tertiary/aromatic N) is 1. The van der Waals surface area contributed by atoms with Crippen LogP contribution in [0, 0.1) is 0 Å². The molecule has 0 spiro atoms. The van der Waals surface area contributed by atoms with Gasteiger partial charge in [0, 0.05) is 35.4 Å². The lowest BCUT2D eigenvalue weighted by atomic mass is 9.73. The fraction of sp³-hybridized carbons (Fsp3) is 0.359. The van der Waals surface area contributed by atoms with E-state index in [-0.39, 0.29) is 35.8 Å². The quantitative estimate of drug-likeness (QED) is 0.210. The smallest absolute Gasteiger partial charge is 0.303 e. The molecular weight excluding hydrogens is 530 g/mol. The van der Waals surface area contributed by atoms with Crippen molar-refractivity contribution in [2.45, 2.75) is 76.2 Å². The van der Waals surface area contributed by atoms with Crippen LogP contribution in [0.3, 0.4) is 0 Å². The Morgan fingerprint density at radius 3 is 2.16 bits per heavy atom. The molecule has 0 radical (unpaired) electrons. The molecule has 1 aliphatic heterocycles. The van der Waals surface area contributed by atoms with Gasteiger partial charge in [0.05, 0.1) is 12.6 Å². The number of anilines is 1. The van der Waals surface area contributed by atoms with Crippen LogP contribution in [0.2, 0.25) is 0 Å². The Balaban J connectivity index is 1.47. The average Bonchev–Trinajstić information content (AvgIpc) is 3.42. The van der Waals surface area contributed by atoms with Gasteiger partial charge in [-0.1, -0.05) is 118 Å². The van der Waals surface area contributed by atoms with Crippen molar-refractivity contribution in [1.82, 2.24) is 0 Å². The van der Waals surface area contributed by atoms with Gasteiger partial charge in [-0.05, 0) is 63.6 Å². The molecule has 2 aliphatic rings. The third-order valence-corrected chi connectivity index (χ3v) is 10.7. The van der Waals surface area contributed by atoms with Crippen LogP contribution in [-0.2, 0) is 15.6 Å². The lowest BCUT2D eigenvalue weighted by Gasteiger charge is -2.34. The van der Waals surface area contributed by atoms with Gasteiger partial charge >= 0.3 is 5.97 Å². The van der Waals surface area contributed by atoms with Gasteiger partial charge in [0.25, 0.3) is 0 Å². The van der Waals surface area contributed by atoms with Crippen molar-refractivity contribution in [3.8, 4) is 0 Å². The molecule has 0 fully saturated rings. The topological polar surface area (TPSA) is 60.8 Å². The predicted octanol–water partition coefficient (Wildman–Crippen LogP) is 8.65. The summed E-state index contributed by atoms with van der Waals surface area (Å²) >= 11 is 0. The summed E-state index contributed by atoms with van der Waals surface area (Å²) in [7, 11) is 0. The molecule has 2 N–H and O–H groups in total. The van der Waals surface area contributed by atoms with E-state index in [1.165, 1.54) is 49.5 Å². The van der Waals surface area contributed by atoms with Gasteiger partial charge in [0.2, 0.25) is 0 Å². The standard InChI is InChI=1S/C39H43NO3/c1-5-38(3)32(30(21-23-35(42)43)31-20-18-26-12-7-9-14-28(26)36(31)38)16-11-17-34-39(4,6-2)37-29-15-10-8-13-27(29)19-22-33(37)40(34)24-25-41/h7-20,22,30,34,41H,5-6,21,23-25H2,1-4H3,(H,42,43)/b17-11+,32-16-. The van der Waals surface area contributed by atoms with E-state index in [1.54, 1.807) is 0 Å². The van der Waals surface area contributed by atoms with Crippen molar-refractivity contribution in [1.29, 1.82) is 0 Å². The zero-order chi connectivity index (χ0) is 30.4. The lowest BCUT2D eigenvalue weighted by molar-refractivity contribution is -0.137. The number of aliphatic carboxylic acids is 1. The molecule has 1 heterocycles. The maximum atomic E-state index is 11.7. The largest absolute Gasteiger partial charge is 0.481 e. The molecule has 4 aromatic carbocycles. The van der Waals surface area contributed by atoms with Gasteiger partial charge in [-0.15, -0.1) is 0 Å². The Morgan fingerprint density at radius 1 is 0.884 bits per heavy atom. The number of aliphatic hydroxyl groups is 1. The Labute approximate surface area is 255 Å². The first-order valence-electron chi connectivity index (χ1n) is 15.8. The second kappa shape index (κ2) is 11.3. The third-order valence-electron chi connectivity index (χ3n) is 10.7. The molecule has 0 bridgehead atoms. The number of carboxylic acids is 1. The van der Waals surface area contributed by atoms with Gasteiger partial charge in [-0.25, -0.2) is 0 Å². The minimum atomic E-state index is -0.753. The van der Waals surface area contributed by atoms with Crippen LogP contribution in [-0.4, -0.2) is 35.4 Å². The zero-order valence-corrected chi connectivity index (χ0v) is 25.8. The van der Waals surface area contributed by atoms with E-state index in [0.717, 1.165) is 12.8 Å². The van der Waals surface area contributed by atoms with E-state index in [2.05, 4.69) is 124 Å².